The van der Waals surface area contributed by atoms with Crippen molar-refractivity contribution in [3.05, 3.63) is 70.9 Å². The van der Waals surface area contributed by atoms with Crippen LogP contribution in [0.15, 0.2) is 48.5 Å². The molecule has 3 aromatic rings. The normalized spacial score (nSPS) is 24.9. The first-order chi connectivity index (χ1) is 12.9. The molecule has 3 aliphatic heterocycles. The van der Waals surface area contributed by atoms with E-state index in [-0.39, 0.29) is 0 Å². The van der Waals surface area contributed by atoms with Crippen molar-refractivity contribution in [2.24, 2.45) is 0 Å². The molecule has 3 nitrogen and oxygen atoms in total. The van der Waals surface area contributed by atoms with Crippen LogP contribution in [-0.2, 0) is 19.5 Å². The number of aromatic amines is 1. The maximum absolute atomic E-state index is 3.71. The molecular weight excluding hydrogens is 318 g/mol. The first kappa shape index (κ1) is 15.0. The highest BCUT2D eigenvalue weighted by atomic mass is 15.3. The van der Waals surface area contributed by atoms with E-state index in [1.54, 1.807) is 5.56 Å². The monoisotopic (exact) mass is 343 g/mol. The van der Waals surface area contributed by atoms with Gasteiger partial charge in [0, 0.05) is 61.3 Å². The molecule has 0 spiro atoms. The first-order valence-electron chi connectivity index (χ1n) is 10.0. The summed E-state index contributed by atoms with van der Waals surface area (Å²) in [5, 5.41) is 1.45. The van der Waals surface area contributed by atoms with E-state index in [1.807, 2.05) is 0 Å². The van der Waals surface area contributed by atoms with Crippen molar-refractivity contribution in [1.82, 2.24) is 14.8 Å². The second-order valence-corrected chi connectivity index (χ2v) is 8.23. The summed E-state index contributed by atoms with van der Waals surface area (Å²) in [7, 11) is 0. The molecule has 0 aliphatic carbocycles. The number of nitrogens with zero attached hydrogens (tertiary/aromatic N) is 2. The number of benzene rings is 2. The lowest BCUT2D eigenvalue weighted by Crippen LogP contribution is -2.41. The maximum Gasteiger partial charge on any atom is 0.0459 e. The average molecular weight is 343 g/mol. The molecule has 132 valence electrons. The van der Waals surface area contributed by atoms with E-state index < -0.39 is 0 Å². The van der Waals surface area contributed by atoms with Gasteiger partial charge in [-0.15, -0.1) is 0 Å². The fourth-order valence-electron chi connectivity index (χ4n) is 5.62. The van der Waals surface area contributed by atoms with Crippen molar-refractivity contribution < 1.29 is 0 Å². The molecule has 3 aliphatic rings. The minimum atomic E-state index is 0.616. The topological polar surface area (TPSA) is 22.3 Å². The zero-order valence-electron chi connectivity index (χ0n) is 15.1. The molecule has 1 aromatic heterocycles. The summed E-state index contributed by atoms with van der Waals surface area (Å²) in [6, 6.07) is 19.1. The van der Waals surface area contributed by atoms with Crippen LogP contribution in [-0.4, -0.2) is 33.9 Å². The van der Waals surface area contributed by atoms with E-state index in [0.29, 0.717) is 6.04 Å². The molecule has 4 heterocycles. The van der Waals surface area contributed by atoms with E-state index >= 15 is 0 Å². The van der Waals surface area contributed by atoms with Crippen molar-refractivity contribution in [1.29, 1.82) is 0 Å². The molecule has 2 aromatic carbocycles. The molecule has 1 saturated heterocycles. The number of hydrogen-bond donors (Lipinski definition) is 1. The average Bonchev–Trinajstić information content (AvgIpc) is 3.32. The zero-order valence-corrected chi connectivity index (χ0v) is 15.1. The summed E-state index contributed by atoms with van der Waals surface area (Å²) in [5.74, 6) is 0. The first-order valence-corrected chi connectivity index (χ1v) is 10.0. The summed E-state index contributed by atoms with van der Waals surface area (Å²) in [4.78, 5) is 9.14. The fraction of sp³-hybridized carbons (Fsp3) is 0.391. The van der Waals surface area contributed by atoms with Crippen molar-refractivity contribution >= 4 is 10.9 Å². The zero-order chi connectivity index (χ0) is 17.1. The molecule has 0 radical (unpaired) electrons. The van der Waals surface area contributed by atoms with E-state index in [0.717, 1.165) is 19.1 Å². The Kier molecular flexibility index (Phi) is 3.29. The molecule has 0 saturated carbocycles. The third kappa shape index (κ3) is 2.20. The quantitative estimate of drug-likeness (QED) is 0.768. The van der Waals surface area contributed by atoms with E-state index in [9.17, 15) is 0 Å². The highest BCUT2D eigenvalue weighted by Crippen LogP contribution is 2.46. The van der Waals surface area contributed by atoms with E-state index in [1.165, 1.54) is 60.1 Å². The maximum atomic E-state index is 3.71. The van der Waals surface area contributed by atoms with Crippen LogP contribution < -0.4 is 0 Å². The van der Waals surface area contributed by atoms with Gasteiger partial charge in [-0.1, -0.05) is 42.5 Å². The van der Waals surface area contributed by atoms with Crippen LogP contribution >= 0.6 is 0 Å². The van der Waals surface area contributed by atoms with Crippen LogP contribution in [0.3, 0.4) is 0 Å². The highest BCUT2D eigenvalue weighted by molar-refractivity contribution is 5.85. The third-order valence-electron chi connectivity index (χ3n) is 6.82. The van der Waals surface area contributed by atoms with Crippen molar-refractivity contribution in [3.8, 4) is 0 Å². The summed E-state index contributed by atoms with van der Waals surface area (Å²) in [5.41, 5.74) is 7.46. The Morgan fingerprint density at radius 3 is 2.50 bits per heavy atom. The minimum Gasteiger partial charge on any atom is -0.358 e. The SMILES string of the molecule is c1ccc2c(c1)CN(CCN1[C@@H]3CC[C@H]1c1c([nH]c4ccccc14)C3)C2. The molecule has 2 bridgehead atoms. The van der Waals surface area contributed by atoms with Crippen molar-refractivity contribution in [3.63, 3.8) is 0 Å². The molecule has 6 rings (SSSR count). The van der Waals surface area contributed by atoms with Crippen LogP contribution in [0.5, 0.6) is 0 Å². The second-order valence-electron chi connectivity index (χ2n) is 8.23. The predicted molar refractivity (Wildman–Crippen MR) is 105 cm³/mol. The molecule has 1 fully saturated rings. The second kappa shape index (κ2) is 5.70. The van der Waals surface area contributed by atoms with Crippen LogP contribution in [0, 0.1) is 0 Å². The molecular formula is C23H25N3. The Labute approximate surface area is 154 Å². The van der Waals surface area contributed by atoms with Gasteiger partial charge >= 0.3 is 0 Å². The Balaban J connectivity index is 1.23. The lowest BCUT2D eigenvalue weighted by atomic mass is 9.97. The van der Waals surface area contributed by atoms with Gasteiger partial charge in [-0.2, -0.15) is 0 Å². The van der Waals surface area contributed by atoms with Crippen molar-refractivity contribution in [2.75, 3.05) is 13.1 Å². The molecule has 1 N–H and O–H groups in total. The lowest BCUT2D eigenvalue weighted by molar-refractivity contribution is 0.145. The van der Waals surface area contributed by atoms with Gasteiger partial charge in [0.2, 0.25) is 0 Å². The third-order valence-corrected chi connectivity index (χ3v) is 6.82. The standard InChI is InChI=1S/C23H25N3/c1-2-6-17-15-25(14-16(17)5-1)11-12-26-18-9-10-22(26)23-19-7-3-4-8-20(19)24-21(23)13-18/h1-8,18,22,24H,9-15H2/t18-,22+/m1/s1. The van der Waals surface area contributed by atoms with Gasteiger partial charge < -0.3 is 4.98 Å². The van der Waals surface area contributed by atoms with Crippen LogP contribution in [0.1, 0.15) is 41.3 Å². The number of aromatic nitrogens is 1. The number of fused-ring (bicyclic) bond motifs is 7. The van der Waals surface area contributed by atoms with E-state index in [2.05, 4.69) is 63.3 Å². The van der Waals surface area contributed by atoms with Crippen LogP contribution in [0.25, 0.3) is 10.9 Å². The summed E-state index contributed by atoms with van der Waals surface area (Å²) in [6.45, 7) is 4.62. The minimum absolute atomic E-state index is 0.616. The highest BCUT2D eigenvalue weighted by Gasteiger charge is 2.41. The Hall–Kier alpha value is -2.10. The van der Waals surface area contributed by atoms with Crippen LogP contribution in [0.2, 0.25) is 0 Å². The van der Waals surface area contributed by atoms with Gasteiger partial charge in [0.15, 0.2) is 0 Å². The number of nitrogens with one attached hydrogen (secondary N) is 1. The smallest absolute Gasteiger partial charge is 0.0459 e. The molecule has 26 heavy (non-hydrogen) atoms. The number of hydrogen-bond acceptors (Lipinski definition) is 2. The Morgan fingerprint density at radius 1 is 0.885 bits per heavy atom. The predicted octanol–water partition coefficient (Wildman–Crippen LogP) is 4.25. The Bertz CT molecular complexity index is 947. The van der Waals surface area contributed by atoms with Gasteiger partial charge in [0.25, 0.3) is 0 Å². The summed E-state index contributed by atoms with van der Waals surface area (Å²) in [6.07, 6.45) is 3.86. The van der Waals surface area contributed by atoms with Crippen molar-refractivity contribution in [2.45, 2.75) is 44.4 Å². The van der Waals surface area contributed by atoms with Gasteiger partial charge in [-0.25, -0.2) is 0 Å². The molecule has 2 atom stereocenters. The van der Waals surface area contributed by atoms with Gasteiger partial charge in [0.1, 0.15) is 0 Å². The largest absolute Gasteiger partial charge is 0.358 e. The number of H-pyrrole nitrogens is 1. The van der Waals surface area contributed by atoms with E-state index in [4.69, 9.17) is 0 Å². The summed E-state index contributed by atoms with van der Waals surface area (Å²) >= 11 is 0. The Morgan fingerprint density at radius 2 is 1.65 bits per heavy atom. The number of para-hydroxylation sites is 1. The molecule has 3 heteroatoms. The van der Waals surface area contributed by atoms with Gasteiger partial charge in [-0.05, 0) is 35.6 Å². The van der Waals surface area contributed by atoms with Gasteiger partial charge in [0.05, 0.1) is 0 Å². The number of rotatable bonds is 3. The van der Waals surface area contributed by atoms with Gasteiger partial charge in [-0.3, -0.25) is 9.80 Å². The van der Waals surface area contributed by atoms with Crippen LogP contribution in [0.4, 0.5) is 0 Å². The summed E-state index contributed by atoms with van der Waals surface area (Å²) < 4.78 is 0. The lowest BCUT2D eigenvalue weighted by Gasteiger charge is -2.36. The molecule has 0 amide bonds. The molecule has 0 unspecified atom stereocenters. The fourth-order valence-corrected chi connectivity index (χ4v) is 5.62.